The SMILES string of the molecule is Cc1ccc(NS(=O)(=O)c2ccc(NC(=S)NC(=O)c3ccc(OC(C)C)cc3)cc2)cc1C. The van der Waals surface area contributed by atoms with Crippen LogP contribution in [-0.4, -0.2) is 25.5 Å². The Balaban J connectivity index is 1.59. The lowest BCUT2D eigenvalue weighted by atomic mass is 10.1. The summed E-state index contributed by atoms with van der Waals surface area (Å²) in [6, 6.07) is 18.2. The lowest BCUT2D eigenvalue weighted by Crippen LogP contribution is -2.34. The van der Waals surface area contributed by atoms with Gasteiger partial charge in [0.25, 0.3) is 15.9 Å². The summed E-state index contributed by atoms with van der Waals surface area (Å²) in [5.41, 5.74) is 3.54. The van der Waals surface area contributed by atoms with Crippen LogP contribution in [0.3, 0.4) is 0 Å². The van der Waals surface area contributed by atoms with E-state index in [2.05, 4.69) is 15.4 Å². The molecule has 0 heterocycles. The second kappa shape index (κ2) is 10.7. The molecule has 0 fully saturated rings. The third-order valence-electron chi connectivity index (χ3n) is 4.90. The Hall–Kier alpha value is -3.43. The van der Waals surface area contributed by atoms with Gasteiger partial charge in [0.1, 0.15) is 5.75 Å². The zero-order valence-corrected chi connectivity index (χ0v) is 21.0. The minimum absolute atomic E-state index is 0.0421. The molecule has 178 valence electrons. The number of nitrogens with one attached hydrogen (secondary N) is 3. The normalized spacial score (nSPS) is 11.1. The highest BCUT2D eigenvalue weighted by atomic mass is 32.2. The summed E-state index contributed by atoms with van der Waals surface area (Å²) in [7, 11) is -3.75. The molecule has 3 N–H and O–H groups in total. The summed E-state index contributed by atoms with van der Waals surface area (Å²) in [6.07, 6.45) is 0.0421. The van der Waals surface area contributed by atoms with Gasteiger partial charge in [-0.15, -0.1) is 0 Å². The Labute approximate surface area is 205 Å². The number of aryl methyl sites for hydroxylation is 2. The average molecular weight is 498 g/mol. The van der Waals surface area contributed by atoms with E-state index in [0.717, 1.165) is 11.1 Å². The maximum atomic E-state index is 12.7. The molecule has 7 nitrogen and oxygen atoms in total. The van der Waals surface area contributed by atoms with Gasteiger partial charge >= 0.3 is 0 Å². The molecule has 0 saturated heterocycles. The van der Waals surface area contributed by atoms with Gasteiger partial charge < -0.3 is 10.1 Å². The minimum Gasteiger partial charge on any atom is -0.491 e. The van der Waals surface area contributed by atoms with Crippen LogP contribution in [0.4, 0.5) is 11.4 Å². The Morgan fingerprint density at radius 3 is 2.09 bits per heavy atom. The molecule has 0 saturated carbocycles. The molecule has 0 unspecified atom stereocenters. The average Bonchev–Trinajstić information content (AvgIpc) is 2.76. The first-order valence-electron chi connectivity index (χ1n) is 10.6. The number of ether oxygens (including phenoxy) is 1. The lowest BCUT2D eigenvalue weighted by molar-refractivity contribution is 0.0977. The molecule has 0 bridgehead atoms. The van der Waals surface area contributed by atoms with Crippen molar-refractivity contribution in [2.45, 2.75) is 38.7 Å². The Kier molecular flexibility index (Phi) is 7.90. The smallest absolute Gasteiger partial charge is 0.261 e. The van der Waals surface area contributed by atoms with E-state index in [1.165, 1.54) is 12.1 Å². The van der Waals surface area contributed by atoms with E-state index in [4.69, 9.17) is 17.0 Å². The van der Waals surface area contributed by atoms with Gasteiger partial charge in [-0.2, -0.15) is 0 Å². The highest BCUT2D eigenvalue weighted by Gasteiger charge is 2.15. The van der Waals surface area contributed by atoms with E-state index in [1.54, 1.807) is 48.5 Å². The van der Waals surface area contributed by atoms with E-state index < -0.39 is 10.0 Å². The molecular weight excluding hydrogens is 470 g/mol. The fourth-order valence-corrected chi connectivity index (χ4v) is 4.29. The molecule has 34 heavy (non-hydrogen) atoms. The number of carbonyl (C=O) groups excluding carboxylic acids is 1. The maximum Gasteiger partial charge on any atom is 0.261 e. The molecule has 3 aromatic rings. The molecule has 9 heteroatoms. The second-order valence-electron chi connectivity index (χ2n) is 8.03. The largest absolute Gasteiger partial charge is 0.491 e. The fourth-order valence-electron chi connectivity index (χ4n) is 3.03. The van der Waals surface area contributed by atoms with E-state index in [-0.39, 0.29) is 22.0 Å². The van der Waals surface area contributed by atoms with Gasteiger partial charge in [0.15, 0.2) is 5.11 Å². The highest BCUT2D eigenvalue weighted by molar-refractivity contribution is 7.92. The van der Waals surface area contributed by atoms with Gasteiger partial charge in [-0.1, -0.05) is 6.07 Å². The topological polar surface area (TPSA) is 96.5 Å². The van der Waals surface area contributed by atoms with Crippen molar-refractivity contribution in [2.75, 3.05) is 10.0 Å². The second-order valence-corrected chi connectivity index (χ2v) is 10.1. The number of rotatable bonds is 7. The number of anilines is 2. The summed E-state index contributed by atoms with van der Waals surface area (Å²) in [5, 5.41) is 5.58. The van der Waals surface area contributed by atoms with Crippen LogP contribution >= 0.6 is 12.2 Å². The van der Waals surface area contributed by atoms with Crippen LogP contribution in [0.25, 0.3) is 0 Å². The summed E-state index contributed by atoms with van der Waals surface area (Å²) in [4.78, 5) is 12.5. The van der Waals surface area contributed by atoms with Crippen LogP contribution < -0.4 is 20.1 Å². The molecule has 0 spiro atoms. The number of carbonyl (C=O) groups is 1. The van der Waals surface area contributed by atoms with Gasteiger partial charge in [0, 0.05) is 16.9 Å². The zero-order chi connectivity index (χ0) is 24.9. The number of thiocarbonyl (C=S) groups is 1. The van der Waals surface area contributed by atoms with Crippen LogP contribution in [0.2, 0.25) is 0 Å². The summed E-state index contributed by atoms with van der Waals surface area (Å²) in [5.74, 6) is 0.305. The zero-order valence-electron chi connectivity index (χ0n) is 19.4. The monoisotopic (exact) mass is 497 g/mol. The van der Waals surface area contributed by atoms with Crippen molar-refractivity contribution in [2.24, 2.45) is 0 Å². The van der Waals surface area contributed by atoms with E-state index in [1.807, 2.05) is 33.8 Å². The van der Waals surface area contributed by atoms with Crippen molar-refractivity contribution in [3.63, 3.8) is 0 Å². The summed E-state index contributed by atoms with van der Waals surface area (Å²) < 4.78 is 33.5. The number of hydrogen-bond acceptors (Lipinski definition) is 5. The van der Waals surface area contributed by atoms with Gasteiger partial charge in [0.2, 0.25) is 0 Å². The van der Waals surface area contributed by atoms with Gasteiger partial charge in [0.05, 0.1) is 11.0 Å². The fraction of sp³-hybridized carbons (Fsp3) is 0.200. The van der Waals surface area contributed by atoms with Gasteiger partial charge in [-0.25, -0.2) is 8.42 Å². The first-order chi connectivity index (χ1) is 16.0. The van der Waals surface area contributed by atoms with Crippen LogP contribution in [0, 0.1) is 13.8 Å². The van der Waals surface area contributed by atoms with E-state index in [0.29, 0.717) is 22.7 Å². The van der Waals surface area contributed by atoms with E-state index >= 15 is 0 Å². The predicted molar refractivity (Wildman–Crippen MR) is 139 cm³/mol. The third-order valence-corrected chi connectivity index (χ3v) is 6.50. The first kappa shape index (κ1) is 25.2. The molecule has 0 radical (unpaired) electrons. The first-order valence-corrected chi connectivity index (χ1v) is 12.5. The van der Waals surface area contributed by atoms with Crippen molar-refractivity contribution in [3.05, 3.63) is 83.4 Å². The minimum atomic E-state index is -3.75. The number of benzene rings is 3. The summed E-state index contributed by atoms with van der Waals surface area (Å²) >= 11 is 5.21. The number of hydrogen-bond donors (Lipinski definition) is 3. The van der Waals surface area contributed by atoms with Crippen molar-refractivity contribution < 1.29 is 17.9 Å². The molecule has 3 rings (SSSR count). The molecule has 0 aliphatic carbocycles. The van der Waals surface area contributed by atoms with Crippen molar-refractivity contribution >= 4 is 44.6 Å². The molecule has 0 aromatic heterocycles. The van der Waals surface area contributed by atoms with Crippen LogP contribution in [-0.2, 0) is 10.0 Å². The predicted octanol–water partition coefficient (Wildman–Crippen LogP) is 5.02. The maximum absolute atomic E-state index is 12.7. The lowest BCUT2D eigenvalue weighted by Gasteiger charge is -2.12. The Morgan fingerprint density at radius 2 is 1.50 bits per heavy atom. The third kappa shape index (κ3) is 6.79. The highest BCUT2D eigenvalue weighted by Crippen LogP contribution is 2.20. The summed E-state index contributed by atoms with van der Waals surface area (Å²) in [6.45, 7) is 7.73. The van der Waals surface area contributed by atoms with Crippen molar-refractivity contribution in [1.29, 1.82) is 0 Å². The van der Waals surface area contributed by atoms with E-state index in [9.17, 15) is 13.2 Å². The van der Waals surface area contributed by atoms with Crippen molar-refractivity contribution in [3.8, 4) is 5.75 Å². The molecule has 0 atom stereocenters. The van der Waals surface area contributed by atoms with Crippen LogP contribution in [0.15, 0.2) is 71.6 Å². The quantitative estimate of drug-likeness (QED) is 0.397. The van der Waals surface area contributed by atoms with Crippen LogP contribution in [0.5, 0.6) is 5.75 Å². The van der Waals surface area contributed by atoms with Crippen LogP contribution in [0.1, 0.15) is 35.3 Å². The standard InChI is InChI=1S/C25H27N3O4S2/c1-16(2)32-22-11-6-19(7-12-22)24(29)27-25(33)26-20-9-13-23(14-10-20)34(30,31)28-21-8-5-17(3)18(4)15-21/h5-16,28H,1-4H3,(H2,26,27,29,33). The molecule has 1 amide bonds. The number of sulfonamides is 1. The molecule has 3 aromatic carbocycles. The number of amides is 1. The molecule has 0 aliphatic heterocycles. The van der Waals surface area contributed by atoms with Crippen molar-refractivity contribution in [1.82, 2.24) is 5.32 Å². The Morgan fingerprint density at radius 1 is 0.882 bits per heavy atom. The van der Waals surface area contributed by atoms with Gasteiger partial charge in [-0.05, 0) is 112 Å². The molecular formula is C25H27N3O4S2. The molecule has 0 aliphatic rings. The Bertz CT molecular complexity index is 1290. The van der Waals surface area contributed by atoms with Gasteiger partial charge in [-0.3, -0.25) is 14.8 Å².